The molecule has 242 valence electrons. The van der Waals surface area contributed by atoms with Crippen LogP contribution in [0.2, 0.25) is 0 Å². The summed E-state index contributed by atoms with van der Waals surface area (Å²) in [5.41, 5.74) is 6.88. The number of quaternary nitrogens is 1. The maximum atomic E-state index is 14.1. The van der Waals surface area contributed by atoms with Crippen LogP contribution in [0.1, 0.15) is 78.7 Å². The smallest absolute Gasteiger partial charge is 0.489 e. The van der Waals surface area contributed by atoms with Crippen LogP contribution in [0.4, 0.5) is 10.5 Å². The Balaban J connectivity index is 1.81. The number of carbonyl (C=O) groups is 3. The molecule has 3 rings (SSSR count). The number of primary amides is 1. The summed E-state index contributed by atoms with van der Waals surface area (Å²) in [5, 5.41) is 13.7. The molecular formula is C34H52N5O5+. The fourth-order valence-electron chi connectivity index (χ4n) is 6.28. The molecule has 10 nitrogen and oxygen atoms in total. The summed E-state index contributed by atoms with van der Waals surface area (Å²) in [4.78, 5) is 45.2. The minimum Gasteiger partial charge on any atom is -0.489 e. The highest BCUT2D eigenvalue weighted by Gasteiger charge is 2.52. The summed E-state index contributed by atoms with van der Waals surface area (Å²) < 4.78 is 5.60. The number of pyridine rings is 1. The maximum absolute atomic E-state index is 14.1. The molecule has 1 fully saturated rings. The van der Waals surface area contributed by atoms with Crippen LogP contribution in [-0.2, 0) is 16.2 Å². The lowest BCUT2D eigenvalue weighted by Gasteiger charge is -2.42. The van der Waals surface area contributed by atoms with Gasteiger partial charge in [0.05, 0.1) is 18.6 Å². The van der Waals surface area contributed by atoms with Crippen LogP contribution < -0.4 is 20.7 Å². The predicted molar refractivity (Wildman–Crippen MR) is 172 cm³/mol. The van der Waals surface area contributed by atoms with Gasteiger partial charge in [0.1, 0.15) is 12.4 Å². The van der Waals surface area contributed by atoms with E-state index in [9.17, 15) is 19.5 Å². The van der Waals surface area contributed by atoms with E-state index >= 15 is 0 Å². The molecule has 10 heteroatoms. The van der Waals surface area contributed by atoms with E-state index in [-0.39, 0.29) is 16.8 Å². The number of ether oxygens (including phenoxy) is 1. The largest absolute Gasteiger partial charge is 0.514 e. The van der Waals surface area contributed by atoms with Gasteiger partial charge in [-0.15, -0.1) is 0 Å². The number of hydrogen-bond donors (Lipinski definition) is 3. The van der Waals surface area contributed by atoms with E-state index < -0.39 is 29.5 Å². The van der Waals surface area contributed by atoms with Crippen LogP contribution >= 0.6 is 0 Å². The molecule has 0 bridgehead atoms. The molecule has 0 spiro atoms. The second-order valence-electron chi connectivity index (χ2n) is 13.4. The maximum Gasteiger partial charge on any atom is 0.514 e. The normalized spacial score (nSPS) is 16.4. The topological polar surface area (TPSA) is 135 Å². The number of anilines is 1. The highest BCUT2D eigenvalue weighted by molar-refractivity contribution is 5.84. The molecule has 0 saturated carbocycles. The lowest BCUT2D eigenvalue weighted by atomic mass is 9.91. The third kappa shape index (κ3) is 9.94. The first-order valence-corrected chi connectivity index (χ1v) is 15.9. The van der Waals surface area contributed by atoms with E-state index in [1.54, 1.807) is 19.3 Å². The van der Waals surface area contributed by atoms with Crippen LogP contribution in [0.15, 0.2) is 48.8 Å². The molecule has 3 amide bonds. The number of carboxylic acid groups (broad SMARTS) is 1. The van der Waals surface area contributed by atoms with Crippen molar-refractivity contribution in [2.24, 2.45) is 17.6 Å². The first-order valence-electron chi connectivity index (χ1n) is 15.9. The molecule has 2 aromatic rings. The van der Waals surface area contributed by atoms with Gasteiger partial charge < -0.3 is 25.8 Å². The third-order valence-corrected chi connectivity index (χ3v) is 8.49. The number of aromatic nitrogens is 1. The van der Waals surface area contributed by atoms with Gasteiger partial charge in [-0.3, -0.25) is 14.6 Å². The van der Waals surface area contributed by atoms with Crippen LogP contribution in [0, 0.1) is 11.8 Å². The van der Waals surface area contributed by atoms with Crippen LogP contribution in [0.5, 0.6) is 5.75 Å². The quantitative estimate of drug-likeness (QED) is 0.231. The molecule has 2 heterocycles. The van der Waals surface area contributed by atoms with Crippen molar-refractivity contribution in [1.82, 2.24) is 10.3 Å². The van der Waals surface area contributed by atoms with Gasteiger partial charge in [0.2, 0.25) is 5.91 Å². The summed E-state index contributed by atoms with van der Waals surface area (Å²) >= 11 is 0. The van der Waals surface area contributed by atoms with Crippen LogP contribution in [-0.4, -0.2) is 70.2 Å². The van der Waals surface area contributed by atoms with Crippen molar-refractivity contribution in [3.8, 4) is 5.75 Å². The summed E-state index contributed by atoms with van der Waals surface area (Å²) in [5.74, 6) is -0.180. The Morgan fingerprint density at radius 3 is 2.18 bits per heavy atom. The second-order valence-corrected chi connectivity index (χ2v) is 13.4. The van der Waals surface area contributed by atoms with Gasteiger partial charge in [-0.2, -0.15) is 4.79 Å². The first-order chi connectivity index (χ1) is 20.8. The Labute approximate surface area is 262 Å². The standard InChI is InChI=1S/C34H51N5O5/c1-25(2)16-19-38(28-10-12-29(13-11-28)44-23-27-14-17-36-18-15-27)24-34(4,5)37-32(41)31(26(3)22-30(35)40)39(33(42)43)20-8-6-7-9-21-39/h10-15,17-18,25-26,31H,6-9,16,19-24H2,1-5H3,(H3-,35,37,40,41,42,43)/p+1. The number of hydrogen-bond acceptors (Lipinski definition) is 6. The number of benzene rings is 1. The average Bonchev–Trinajstić information content (AvgIpc) is 3.21. The van der Waals surface area contributed by atoms with Gasteiger partial charge in [-0.25, -0.2) is 4.48 Å². The Kier molecular flexibility index (Phi) is 12.6. The highest BCUT2D eigenvalue weighted by atomic mass is 16.5. The molecule has 0 radical (unpaired) electrons. The lowest BCUT2D eigenvalue weighted by molar-refractivity contribution is -0.876. The number of amides is 3. The predicted octanol–water partition coefficient (Wildman–Crippen LogP) is 5.36. The lowest BCUT2D eigenvalue weighted by Crippen LogP contribution is -2.68. The van der Waals surface area contributed by atoms with Crippen LogP contribution in [0.25, 0.3) is 0 Å². The monoisotopic (exact) mass is 610 g/mol. The fraction of sp³-hybridized carbons (Fsp3) is 0.588. The Hall–Kier alpha value is -3.66. The van der Waals surface area contributed by atoms with Crippen molar-refractivity contribution in [3.05, 3.63) is 54.4 Å². The molecule has 0 aliphatic carbocycles. The van der Waals surface area contributed by atoms with Crippen molar-refractivity contribution in [1.29, 1.82) is 0 Å². The number of nitrogens with one attached hydrogen (secondary N) is 1. The van der Waals surface area contributed by atoms with Crippen molar-refractivity contribution >= 4 is 23.6 Å². The molecule has 2 unspecified atom stereocenters. The first kappa shape index (κ1) is 34.8. The van der Waals surface area contributed by atoms with E-state index in [1.807, 2.05) is 50.2 Å². The zero-order chi connectivity index (χ0) is 32.3. The number of rotatable bonds is 15. The molecule has 1 saturated heterocycles. The molecule has 1 aromatic carbocycles. The molecule has 1 aliphatic rings. The summed E-state index contributed by atoms with van der Waals surface area (Å²) in [6.45, 7) is 12.5. The second kappa shape index (κ2) is 15.9. The summed E-state index contributed by atoms with van der Waals surface area (Å²) in [6, 6.07) is 10.9. The molecule has 4 N–H and O–H groups in total. The number of nitrogens with two attached hydrogens (primary N) is 1. The van der Waals surface area contributed by atoms with Gasteiger partial charge in [0, 0.05) is 43.5 Å². The van der Waals surface area contributed by atoms with Crippen molar-refractivity contribution in [2.45, 2.75) is 91.3 Å². The van der Waals surface area contributed by atoms with Crippen molar-refractivity contribution in [2.75, 3.05) is 31.1 Å². The average molecular weight is 611 g/mol. The van der Waals surface area contributed by atoms with E-state index in [0.29, 0.717) is 45.0 Å². The van der Waals surface area contributed by atoms with Gasteiger partial charge >= 0.3 is 6.09 Å². The molecule has 1 aliphatic heterocycles. The number of nitrogens with zero attached hydrogens (tertiary/aromatic N) is 3. The van der Waals surface area contributed by atoms with E-state index in [1.165, 1.54) is 0 Å². The number of carbonyl (C=O) groups excluding carboxylic acids is 2. The highest BCUT2D eigenvalue weighted by Crippen LogP contribution is 2.30. The molecule has 44 heavy (non-hydrogen) atoms. The van der Waals surface area contributed by atoms with Gasteiger partial charge in [-0.05, 0) is 93.8 Å². The minimum atomic E-state index is -1.02. The van der Waals surface area contributed by atoms with E-state index in [4.69, 9.17) is 10.5 Å². The Bertz CT molecular complexity index is 1210. The van der Waals surface area contributed by atoms with Crippen molar-refractivity contribution < 1.29 is 28.7 Å². The molecule has 2 atom stereocenters. The SMILES string of the molecule is CC(C)CCN(CC(C)(C)NC(=O)C(C(C)CC(N)=O)[N+]1(C(=O)O)CCCCCC1)c1ccc(OCc2ccncc2)cc1. The van der Waals surface area contributed by atoms with Gasteiger partial charge in [0.25, 0.3) is 5.91 Å². The fourth-order valence-corrected chi connectivity index (χ4v) is 6.28. The van der Waals surface area contributed by atoms with E-state index in [0.717, 1.165) is 42.8 Å². The Morgan fingerprint density at radius 1 is 1.02 bits per heavy atom. The van der Waals surface area contributed by atoms with Gasteiger partial charge in [0.15, 0.2) is 6.04 Å². The summed E-state index contributed by atoms with van der Waals surface area (Å²) in [7, 11) is 0. The minimum absolute atomic E-state index is 0.0537. The van der Waals surface area contributed by atoms with Gasteiger partial charge in [-0.1, -0.05) is 20.8 Å². The zero-order valence-electron chi connectivity index (χ0n) is 27.1. The summed E-state index contributed by atoms with van der Waals surface area (Å²) in [6.07, 6.45) is 6.65. The van der Waals surface area contributed by atoms with E-state index in [2.05, 4.69) is 29.0 Å². The Morgan fingerprint density at radius 2 is 1.64 bits per heavy atom. The number of likely N-dealkylation sites (tertiary alicyclic amines) is 1. The van der Waals surface area contributed by atoms with Crippen LogP contribution in [0.3, 0.4) is 0 Å². The third-order valence-electron chi connectivity index (χ3n) is 8.49. The molecular weight excluding hydrogens is 558 g/mol. The zero-order valence-corrected chi connectivity index (χ0v) is 27.1. The molecule has 1 aromatic heterocycles. The van der Waals surface area contributed by atoms with Crippen molar-refractivity contribution in [3.63, 3.8) is 0 Å².